The predicted molar refractivity (Wildman–Crippen MR) is 96.6 cm³/mol. The lowest BCUT2D eigenvalue weighted by atomic mass is 9.78. The Kier molecular flexibility index (Phi) is 4.38. The Hall–Kier alpha value is -1.71. The molecule has 1 aliphatic heterocycles. The van der Waals surface area contributed by atoms with Gasteiger partial charge in [-0.25, -0.2) is 0 Å². The molecule has 2 fully saturated rings. The highest BCUT2D eigenvalue weighted by molar-refractivity contribution is 5.58. The van der Waals surface area contributed by atoms with E-state index in [-0.39, 0.29) is 0 Å². The van der Waals surface area contributed by atoms with Crippen molar-refractivity contribution >= 4 is 0 Å². The van der Waals surface area contributed by atoms with Crippen molar-refractivity contribution in [2.24, 2.45) is 0 Å². The van der Waals surface area contributed by atoms with Crippen LogP contribution in [0.3, 0.4) is 0 Å². The second-order valence-electron chi connectivity index (χ2n) is 7.30. The highest BCUT2D eigenvalue weighted by Crippen LogP contribution is 2.39. The van der Waals surface area contributed by atoms with E-state index in [4.69, 9.17) is 0 Å². The number of nitrogens with zero attached hydrogens (tertiary/aromatic N) is 2. The van der Waals surface area contributed by atoms with Crippen molar-refractivity contribution in [1.82, 2.24) is 9.88 Å². The van der Waals surface area contributed by atoms with E-state index in [0.717, 1.165) is 42.5 Å². The summed E-state index contributed by atoms with van der Waals surface area (Å²) in [5, 5.41) is 11.1. The summed E-state index contributed by atoms with van der Waals surface area (Å²) < 4.78 is 0. The van der Waals surface area contributed by atoms with Gasteiger partial charge in [0.25, 0.3) is 0 Å². The fourth-order valence-corrected chi connectivity index (χ4v) is 4.29. The van der Waals surface area contributed by atoms with Gasteiger partial charge in [-0.15, -0.1) is 0 Å². The highest BCUT2D eigenvalue weighted by Gasteiger charge is 2.37. The van der Waals surface area contributed by atoms with E-state index in [2.05, 4.69) is 28.1 Å². The van der Waals surface area contributed by atoms with Gasteiger partial charge in [0.15, 0.2) is 0 Å². The van der Waals surface area contributed by atoms with Crippen LogP contribution in [0.1, 0.15) is 44.1 Å². The molecule has 3 nitrogen and oxygen atoms in total. The van der Waals surface area contributed by atoms with Crippen LogP contribution in [0.15, 0.2) is 48.7 Å². The van der Waals surface area contributed by atoms with Crippen molar-refractivity contribution < 1.29 is 5.11 Å². The van der Waals surface area contributed by atoms with Crippen LogP contribution in [0.4, 0.5) is 0 Å². The molecular weight excluding hydrogens is 296 g/mol. The summed E-state index contributed by atoms with van der Waals surface area (Å²) in [7, 11) is 0. The predicted octanol–water partition coefficient (Wildman–Crippen LogP) is 3.97. The van der Waals surface area contributed by atoms with E-state index in [1.165, 1.54) is 25.9 Å². The number of hydrogen-bond donors (Lipinski definition) is 1. The molecule has 0 amide bonds. The van der Waals surface area contributed by atoms with Gasteiger partial charge in [0.05, 0.1) is 11.3 Å². The van der Waals surface area contributed by atoms with Crippen LogP contribution >= 0.6 is 0 Å². The van der Waals surface area contributed by atoms with E-state index in [9.17, 15) is 5.11 Å². The molecule has 1 saturated heterocycles. The number of aliphatic hydroxyl groups is 1. The molecule has 24 heavy (non-hydrogen) atoms. The zero-order valence-corrected chi connectivity index (χ0v) is 14.2. The van der Waals surface area contributed by atoms with E-state index in [0.29, 0.717) is 6.04 Å². The number of likely N-dealkylation sites (tertiary alicyclic amines) is 1. The van der Waals surface area contributed by atoms with Crippen molar-refractivity contribution in [2.75, 3.05) is 13.1 Å². The van der Waals surface area contributed by atoms with Gasteiger partial charge in [0.1, 0.15) is 0 Å². The number of benzene rings is 1. The molecule has 4 rings (SSSR count). The molecule has 0 bridgehead atoms. The maximum atomic E-state index is 11.1. The molecule has 1 N–H and O–H groups in total. The zero-order valence-electron chi connectivity index (χ0n) is 14.2. The quantitative estimate of drug-likeness (QED) is 0.929. The third-order valence-corrected chi connectivity index (χ3v) is 5.81. The minimum Gasteiger partial charge on any atom is -0.385 e. The second-order valence-corrected chi connectivity index (χ2v) is 7.30. The zero-order chi connectivity index (χ0) is 16.4. The van der Waals surface area contributed by atoms with Crippen molar-refractivity contribution in [3.63, 3.8) is 0 Å². The smallest absolute Gasteiger partial charge is 0.0912 e. The number of pyridine rings is 1. The molecule has 0 radical (unpaired) electrons. The van der Waals surface area contributed by atoms with Crippen LogP contribution < -0.4 is 0 Å². The Morgan fingerprint density at radius 2 is 1.67 bits per heavy atom. The summed E-state index contributed by atoms with van der Waals surface area (Å²) >= 11 is 0. The summed E-state index contributed by atoms with van der Waals surface area (Å²) in [4.78, 5) is 7.22. The van der Waals surface area contributed by atoms with Gasteiger partial charge in [-0.1, -0.05) is 36.4 Å². The molecule has 1 aliphatic carbocycles. The fourth-order valence-electron chi connectivity index (χ4n) is 4.29. The molecular formula is C21H26N2O. The first-order chi connectivity index (χ1) is 11.7. The first-order valence-electron chi connectivity index (χ1n) is 9.23. The van der Waals surface area contributed by atoms with Gasteiger partial charge < -0.3 is 10.0 Å². The van der Waals surface area contributed by atoms with Gasteiger partial charge >= 0.3 is 0 Å². The number of rotatable bonds is 3. The average molecular weight is 322 g/mol. The van der Waals surface area contributed by atoms with Crippen LogP contribution in [0.5, 0.6) is 0 Å². The van der Waals surface area contributed by atoms with E-state index in [1.807, 2.05) is 30.5 Å². The number of hydrogen-bond acceptors (Lipinski definition) is 3. The Morgan fingerprint density at radius 1 is 0.958 bits per heavy atom. The van der Waals surface area contributed by atoms with Crippen molar-refractivity contribution in [3.05, 3.63) is 54.2 Å². The first-order valence-corrected chi connectivity index (χ1v) is 9.23. The summed E-state index contributed by atoms with van der Waals surface area (Å²) in [5.74, 6) is 0. The lowest BCUT2D eigenvalue weighted by molar-refractivity contribution is -0.0223. The van der Waals surface area contributed by atoms with Crippen molar-refractivity contribution in [2.45, 2.75) is 50.2 Å². The van der Waals surface area contributed by atoms with E-state index >= 15 is 0 Å². The van der Waals surface area contributed by atoms with Crippen LogP contribution in [0.25, 0.3) is 11.3 Å². The van der Waals surface area contributed by atoms with Gasteiger partial charge in [0, 0.05) is 23.4 Å². The van der Waals surface area contributed by atoms with Crippen molar-refractivity contribution in [3.8, 4) is 11.3 Å². The normalized spacial score (nSPS) is 28.1. The minimum atomic E-state index is -0.696. The molecule has 2 heterocycles. The Balaban J connectivity index is 1.45. The van der Waals surface area contributed by atoms with E-state index in [1.54, 1.807) is 0 Å². The minimum absolute atomic E-state index is 0.671. The number of aromatic nitrogens is 1. The third-order valence-electron chi connectivity index (χ3n) is 5.81. The largest absolute Gasteiger partial charge is 0.385 e. The Morgan fingerprint density at radius 3 is 2.29 bits per heavy atom. The lowest BCUT2D eigenvalue weighted by Crippen LogP contribution is -2.41. The Bertz CT molecular complexity index is 654. The van der Waals surface area contributed by atoms with E-state index < -0.39 is 5.60 Å². The summed E-state index contributed by atoms with van der Waals surface area (Å²) in [6.07, 6.45) is 8.44. The van der Waals surface area contributed by atoms with Gasteiger partial charge in [-0.05, 0) is 57.7 Å². The Labute approximate surface area is 144 Å². The molecule has 1 saturated carbocycles. The summed E-state index contributed by atoms with van der Waals surface area (Å²) in [6, 6.07) is 15.0. The molecule has 2 aliphatic rings. The molecule has 3 heteroatoms. The lowest BCUT2D eigenvalue weighted by Gasteiger charge is -2.39. The molecule has 1 aromatic heterocycles. The maximum absolute atomic E-state index is 11.1. The van der Waals surface area contributed by atoms with Crippen LogP contribution in [0.2, 0.25) is 0 Å². The molecule has 2 aromatic rings. The summed E-state index contributed by atoms with van der Waals surface area (Å²) in [6.45, 7) is 2.49. The maximum Gasteiger partial charge on any atom is 0.0912 e. The average Bonchev–Trinajstić information content (AvgIpc) is 3.18. The standard InChI is InChI=1S/C21H26N2O/c24-21(12-10-19(11-13-21)23-14-4-5-15-23)18-8-9-20(22-16-18)17-6-2-1-3-7-17/h1-3,6-9,16,19,24H,4-5,10-15H2. The molecule has 1 aromatic carbocycles. The van der Waals surface area contributed by atoms with Crippen LogP contribution in [-0.4, -0.2) is 34.1 Å². The van der Waals surface area contributed by atoms with Crippen LogP contribution in [-0.2, 0) is 5.60 Å². The van der Waals surface area contributed by atoms with Gasteiger partial charge in [0.2, 0.25) is 0 Å². The van der Waals surface area contributed by atoms with Crippen LogP contribution in [0, 0.1) is 0 Å². The molecule has 0 unspecified atom stereocenters. The topological polar surface area (TPSA) is 36.4 Å². The first kappa shape index (κ1) is 15.8. The van der Waals surface area contributed by atoms with Crippen molar-refractivity contribution in [1.29, 1.82) is 0 Å². The SMILES string of the molecule is OC1(c2ccc(-c3ccccc3)nc2)CCC(N2CCCC2)CC1. The van der Waals surface area contributed by atoms with Gasteiger partial charge in [-0.3, -0.25) is 4.98 Å². The summed E-state index contributed by atoms with van der Waals surface area (Å²) in [5.41, 5.74) is 2.36. The second kappa shape index (κ2) is 6.66. The highest BCUT2D eigenvalue weighted by atomic mass is 16.3. The molecule has 0 spiro atoms. The molecule has 126 valence electrons. The third kappa shape index (κ3) is 3.11. The molecule has 0 atom stereocenters. The fraction of sp³-hybridized carbons (Fsp3) is 0.476. The van der Waals surface area contributed by atoms with Gasteiger partial charge in [-0.2, -0.15) is 0 Å². The monoisotopic (exact) mass is 322 g/mol.